The lowest BCUT2D eigenvalue weighted by molar-refractivity contribution is -0.128. The lowest BCUT2D eigenvalue weighted by atomic mass is 10.0. The van der Waals surface area contributed by atoms with Crippen LogP contribution in [0.2, 0.25) is 0 Å². The van der Waals surface area contributed by atoms with E-state index in [0.29, 0.717) is 12.2 Å². The Bertz CT molecular complexity index is 1430. The van der Waals surface area contributed by atoms with Gasteiger partial charge in [0.1, 0.15) is 18.4 Å². The molecule has 2 atom stereocenters. The topological polar surface area (TPSA) is 93.7 Å². The molecule has 4 aromatic carbocycles. The molecule has 43 heavy (non-hydrogen) atoms. The smallest absolute Gasteiger partial charge is 0.408 e. The van der Waals surface area contributed by atoms with Crippen molar-refractivity contribution in [2.45, 2.75) is 37.3 Å². The zero-order valence-electron chi connectivity index (χ0n) is 24.1. The maximum atomic E-state index is 13.7. The number of methoxy groups -OCH3 is 1. The molecule has 0 aliphatic heterocycles. The zero-order chi connectivity index (χ0) is 30.3. The predicted octanol–water partition coefficient (Wildman–Crippen LogP) is 5.76. The first-order chi connectivity index (χ1) is 21.0. The predicted molar refractivity (Wildman–Crippen MR) is 170 cm³/mol. The number of alkyl carbamates (subject to hydrolysis) is 1. The number of carbonyl (C=O) groups excluding carboxylic acids is 3. The molecular weight excluding hydrogens is 560 g/mol. The van der Waals surface area contributed by atoms with E-state index in [2.05, 4.69) is 10.6 Å². The lowest BCUT2D eigenvalue weighted by Crippen LogP contribution is -2.53. The normalized spacial score (nSPS) is 12.0. The fraction of sp³-hybridized carbons (Fsp3) is 0.229. The number of Topliss-reactive ketones (excluding diaryl/α,β-unsaturated/α-hetero) is 1. The molecule has 0 bridgehead atoms. The van der Waals surface area contributed by atoms with Crippen molar-refractivity contribution in [3.8, 4) is 5.75 Å². The third kappa shape index (κ3) is 10.7. The van der Waals surface area contributed by atoms with Crippen LogP contribution in [0.5, 0.6) is 5.75 Å². The average Bonchev–Trinajstić information content (AvgIpc) is 3.05. The first-order valence-electron chi connectivity index (χ1n) is 14.1. The van der Waals surface area contributed by atoms with Crippen LogP contribution >= 0.6 is 11.8 Å². The maximum absolute atomic E-state index is 13.7. The quantitative estimate of drug-likeness (QED) is 0.181. The third-order valence-electron chi connectivity index (χ3n) is 6.76. The minimum Gasteiger partial charge on any atom is -0.497 e. The van der Waals surface area contributed by atoms with Crippen molar-refractivity contribution in [2.24, 2.45) is 0 Å². The molecule has 0 fully saturated rings. The standard InChI is InChI=1S/C35H36N2O5S/c1-41-30-19-17-29(18-20-30)24-43-25-33(38)31(21-26-11-5-2-6-12-26)36-34(39)32(22-27-13-7-3-8-14-27)37-35(40)42-23-28-15-9-4-10-16-28/h2-20,31-32H,21-25H2,1H3,(H,36,39)(H,37,40)/t31-,32-/m0/s1. The minimum absolute atomic E-state index is 0.0763. The molecule has 0 aromatic heterocycles. The van der Waals surface area contributed by atoms with Gasteiger partial charge in [-0.05, 0) is 40.8 Å². The largest absolute Gasteiger partial charge is 0.497 e. The monoisotopic (exact) mass is 596 g/mol. The Balaban J connectivity index is 1.43. The molecule has 4 rings (SSSR count). The number of ether oxygens (including phenoxy) is 2. The highest BCUT2D eigenvalue weighted by molar-refractivity contribution is 7.99. The Morgan fingerprint density at radius 1 is 0.651 bits per heavy atom. The fourth-order valence-corrected chi connectivity index (χ4v) is 5.36. The first-order valence-corrected chi connectivity index (χ1v) is 15.2. The molecular formula is C35H36N2O5S. The number of nitrogens with one attached hydrogen (secondary N) is 2. The molecule has 8 heteroatoms. The molecule has 222 valence electrons. The van der Waals surface area contributed by atoms with Gasteiger partial charge < -0.3 is 20.1 Å². The van der Waals surface area contributed by atoms with Gasteiger partial charge in [0.15, 0.2) is 5.78 Å². The summed E-state index contributed by atoms with van der Waals surface area (Å²) in [5, 5.41) is 5.66. The van der Waals surface area contributed by atoms with Crippen molar-refractivity contribution in [3.05, 3.63) is 138 Å². The summed E-state index contributed by atoms with van der Waals surface area (Å²) in [6, 6.07) is 34.3. The van der Waals surface area contributed by atoms with Gasteiger partial charge in [-0.2, -0.15) is 0 Å². The van der Waals surface area contributed by atoms with Gasteiger partial charge in [0, 0.05) is 12.2 Å². The number of hydrogen-bond acceptors (Lipinski definition) is 6. The summed E-state index contributed by atoms with van der Waals surface area (Å²) in [5.74, 6) is 1.10. The molecule has 0 radical (unpaired) electrons. The highest BCUT2D eigenvalue weighted by Crippen LogP contribution is 2.18. The lowest BCUT2D eigenvalue weighted by Gasteiger charge is -2.23. The Morgan fingerprint density at radius 2 is 1.19 bits per heavy atom. The van der Waals surface area contributed by atoms with Crippen LogP contribution in [0.15, 0.2) is 115 Å². The minimum atomic E-state index is -0.941. The number of thioether (sulfide) groups is 1. The number of benzene rings is 4. The summed E-state index contributed by atoms with van der Waals surface area (Å²) in [5.41, 5.74) is 3.70. The van der Waals surface area contributed by atoms with Crippen LogP contribution in [0, 0.1) is 0 Å². The van der Waals surface area contributed by atoms with Gasteiger partial charge in [0.2, 0.25) is 5.91 Å². The molecule has 7 nitrogen and oxygen atoms in total. The molecule has 0 aliphatic carbocycles. The Kier molecular flexibility index (Phi) is 12.2. The van der Waals surface area contributed by atoms with Gasteiger partial charge in [-0.3, -0.25) is 9.59 Å². The second-order valence-electron chi connectivity index (χ2n) is 10.0. The van der Waals surface area contributed by atoms with Crippen LogP contribution in [0.1, 0.15) is 22.3 Å². The van der Waals surface area contributed by atoms with Gasteiger partial charge >= 0.3 is 6.09 Å². The highest BCUT2D eigenvalue weighted by Gasteiger charge is 2.27. The summed E-state index contributed by atoms with van der Waals surface area (Å²) in [6.07, 6.45) is -0.128. The van der Waals surface area contributed by atoms with Crippen molar-refractivity contribution in [2.75, 3.05) is 12.9 Å². The van der Waals surface area contributed by atoms with Crippen molar-refractivity contribution in [3.63, 3.8) is 0 Å². The van der Waals surface area contributed by atoms with Gasteiger partial charge in [0.05, 0.1) is 18.9 Å². The van der Waals surface area contributed by atoms with Gasteiger partial charge in [0.25, 0.3) is 0 Å². The Hall–Kier alpha value is -4.56. The van der Waals surface area contributed by atoms with Crippen molar-refractivity contribution in [1.82, 2.24) is 10.6 Å². The van der Waals surface area contributed by atoms with E-state index in [4.69, 9.17) is 9.47 Å². The maximum Gasteiger partial charge on any atom is 0.408 e. The molecule has 2 N–H and O–H groups in total. The van der Waals surface area contributed by atoms with E-state index in [9.17, 15) is 14.4 Å². The van der Waals surface area contributed by atoms with Crippen LogP contribution in [-0.4, -0.2) is 42.7 Å². The van der Waals surface area contributed by atoms with E-state index < -0.39 is 24.1 Å². The SMILES string of the molecule is COc1ccc(CSCC(=O)[C@H](Cc2ccccc2)NC(=O)[C@H](Cc2ccccc2)NC(=O)OCc2ccccc2)cc1. The number of hydrogen-bond donors (Lipinski definition) is 2. The molecule has 0 unspecified atom stereocenters. The van der Waals surface area contributed by atoms with E-state index in [-0.39, 0.29) is 24.6 Å². The van der Waals surface area contributed by atoms with E-state index >= 15 is 0 Å². The molecule has 2 amide bonds. The summed E-state index contributed by atoms with van der Waals surface area (Å²) in [4.78, 5) is 39.9. The van der Waals surface area contributed by atoms with Crippen LogP contribution in [0.4, 0.5) is 4.79 Å². The summed E-state index contributed by atoms with van der Waals surface area (Å²) in [7, 11) is 1.62. The van der Waals surface area contributed by atoms with Crippen molar-refractivity contribution >= 4 is 29.5 Å². The second kappa shape index (κ2) is 16.8. The second-order valence-corrected chi connectivity index (χ2v) is 11.0. The average molecular weight is 597 g/mol. The first kappa shape index (κ1) is 31.4. The van der Waals surface area contributed by atoms with E-state index in [1.807, 2.05) is 115 Å². The number of ketones is 1. The Labute approximate surface area is 257 Å². The van der Waals surface area contributed by atoms with Gasteiger partial charge in [-0.1, -0.05) is 103 Å². The van der Waals surface area contributed by atoms with Crippen LogP contribution < -0.4 is 15.4 Å². The van der Waals surface area contributed by atoms with Crippen LogP contribution in [-0.2, 0) is 39.5 Å². The van der Waals surface area contributed by atoms with E-state index in [1.54, 1.807) is 7.11 Å². The summed E-state index contributed by atoms with van der Waals surface area (Å²) >= 11 is 1.49. The van der Waals surface area contributed by atoms with Crippen molar-refractivity contribution < 1.29 is 23.9 Å². The summed E-state index contributed by atoms with van der Waals surface area (Å²) < 4.78 is 10.6. The van der Waals surface area contributed by atoms with Crippen LogP contribution in [0.3, 0.4) is 0 Å². The molecule has 0 heterocycles. The van der Waals surface area contributed by atoms with Gasteiger partial charge in [-0.25, -0.2) is 4.79 Å². The summed E-state index contributed by atoms with van der Waals surface area (Å²) in [6.45, 7) is 0.0763. The van der Waals surface area contributed by atoms with Gasteiger partial charge in [-0.15, -0.1) is 11.8 Å². The van der Waals surface area contributed by atoms with E-state index in [0.717, 1.165) is 28.0 Å². The molecule has 4 aromatic rings. The molecule has 0 aliphatic rings. The zero-order valence-corrected chi connectivity index (χ0v) is 24.9. The number of rotatable bonds is 15. The van der Waals surface area contributed by atoms with E-state index in [1.165, 1.54) is 11.8 Å². The number of carbonyl (C=O) groups is 3. The number of amides is 2. The highest BCUT2D eigenvalue weighted by atomic mass is 32.2. The fourth-order valence-electron chi connectivity index (χ4n) is 4.43. The molecule has 0 saturated carbocycles. The van der Waals surface area contributed by atoms with Crippen molar-refractivity contribution in [1.29, 1.82) is 0 Å². The third-order valence-corrected chi connectivity index (χ3v) is 7.79. The Morgan fingerprint density at radius 3 is 1.74 bits per heavy atom. The molecule has 0 saturated heterocycles. The molecule has 0 spiro atoms. The van der Waals surface area contributed by atoms with Crippen LogP contribution in [0.25, 0.3) is 0 Å².